The summed E-state index contributed by atoms with van der Waals surface area (Å²) in [6.45, 7) is 14.5. The quantitative estimate of drug-likeness (QED) is 0.164. The van der Waals surface area contributed by atoms with Crippen LogP contribution in [-0.2, 0) is 41.7 Å². The van der Waals surface area contributed by atoms with Gasteiger partial charge in [-0.3, -0.25) is 38.9 Å². The van der Waals surface area contributed by atoms with Crippen LogP contribution in [0.25, 0.3) is 33.3 Å². The highest BCUT2D eigenvalue weighted by Crippen LogP contribution is 2.57. The number of aromatic nitrogens is 2. The van der Waals surface area contributed by atoms with Crippen molar-refractivity contribution >= 4 is 40.5 Å². The molecule has 68 heavy (non-hydrogen) atoms. The molecule has 2 unspecified atom stereocenters. The Hall–Kier alpha value is -6.24. The molecule has 2 saturated heterocycles. The summed E-state index contributed by atoms with van der Waals surface area (Å²) in [6, 6.07) is 10.8. The molecular formula is C53H66N8O7. The number of aryl methyl sites for hydroxylation is 1. The van der Waals surface area contributed by atoms with Crippen molar-refractivity contribution in [1.29, 1.82) is 0 Å². The van der Waals surface area contributed by atoms with E-state index in [1.165, 1.54) is 21.0 Å². The lowest BCUT2D eigenvalue weighted by atomic mass is 9.63. The topological polar surface area (TPSA) is 170 Å². The average Bonchev–Trinajstić information content (AvgIpc) is 3.93. The molecule has 4 aliphatic rings. The van der Waals surface area contributed by atoms with Gasteiger partial charge in [-0.2, -0.15) is 0 Å². The first-order valence-corrected chi connectivity index (χ1v) is 24.1. The predicted octanol–water partition coefficient (Wildman–Crippen LogP) is 5.30. The van der Waals surface area contributed by atoms with E-state index < -0.39 is 47.2 Å². The van der Waals surface area contributed by atoms with Gasteiger partial charge in [0, 0.05) is 79.8 Å². The number of hydrazine groups is 1. The Morgan fingerprint density at radius 1 is 1.04 bits per heavy atom. The van der Waals surface area contributed by atoms with Crippen molar-refractivity contribution in [1.82, 2.24) is 40.0 Å². The Bertz CT molecular complexity index is 2700. The number of amides is 4. The number of pyridine rings is 1. The van der Waals surface area contributed by atoms with E-state index in [1.807, 2.05) is 57.4 Å². The molecule has 0 radical (unpaired) electrons. The Kier molecular flexibility index (Phi) is 13.8. The molecule has 5 heterocycles. The van der Waals surface area contributed by atoms with E-state index in [2.05, 4.69) is 78.0 Å². The fourth-order valence-corrected chi connectivity index (χ4v) is 11.2. The standard InChI is InChI=1S/C53H66N8O7/c1-10-60-43-16-15-34-27-39(43)45-46(32(4)38-17-19-54-28-40(38)48(45)60)53(5,6)30-68-52(67)41-13-11-21-61(56-41)51(66)42(25-33-23-36(34)26-37(62)24-33)55-49(64)47(31(2)3)58(9)50(65)35-18-22-59(29-35)44(63)14-12-20-57(7)8/h15-17,19,23-24,26-28,31-32,35,41-42,46-47,56,62H,10-11,13,18,20-22,25,29-30H2,1-9H3,(H,55,64)/t32?,35-,41-,42-,46?,47-/m0/s1. The van der Waals surface area contributed by atoms with Crippen LogP contribution in [0.1, 0.15) is 89.3 Å². The number of aromatic hydroxyl groups is 1. The number of carbonyl (C=O) groups excluding carboxylic acids is 5. The molecule has 3 aliphatic heterocycles. The maximum absolute atomic E-state index is 14.8. The number of esters is 1. The Balaban J connectivity index is 1.16. The molecular weight excluding hydrogens is 861 g/mol. The Labute approximate surface area is 399 Å². The summed E-state index contributed by atoms with van der Waals surface area (Å²) in [6.07, 6.45) is 5.18. The summed E-state index contributed by atoms with van der Waals surface area (Å²) in [5.74, 6) is 2.57. The summed E-state index contributed by atoms with van der Waals surface area (Å²) in [5.41, 5.74) is 10.4. The maximum atomic E-state index is 14.8. The molecule has 6 atom stereocenters. The molecule has 8 rings (SSSR count). The normalized spacial score (nSPS) is 22.8. The second kappa shape index (κ2) is 19.4. The van der Waals surface area contributed by atoms with Gasteiger partial charge in [-0.05, 0) is 116 Å². The van der Waals surface area contributed by atoms with Crippen molar-refractivity contribution < 1.29 is 33.8 Å². The zero-order valence-corrected chi connectivity index (χ0v) is 40.9. The first-order valence-electron chi connectivity index (χ1n) is 24.1. The molecule has 4 amide bonds. The van der Waals surface area contributed by atoms with Crippen LogP contribution in [0.5, 0.6) is 5.75 Å². The van der Waals surface area contributed by atoms with Crippen LogP contribution in [0, 0.1) is 29.1 Å². The predicted molar refractivity (Wildman–Crippen MR) is 260 cm³/mol. The SMILES string of the molecule is CCn1c2c3c4cc(ccc41)-c1cc(O)cc(c1)C[C@H](NC(=O)[C@H](C(C)C)N(C)C(=O)[C@H]1CCN(C(=O)C#CCN(C)C)C1)C(=O)N1CCC[C@H](N1)C(=O)OCC(C)(C)C3C(C)c1ccncc1-2. The number of phenolic OH excluding ortho intramolecular Hbond substituents is 1. The molecule has 0 spiro atoms. The van der Waals surface area contributed by atoms with Crippen LogP contribution in [-0.4, -0.2) is 136 Å². The van der Waals surface area contributed by atoms with Gasteiger partial charge >= 0.3 is 5.97 Å². The van der Waals surface area contributed by atoms with Crippen molar-refractivity contribution in [2.24, 2.45) is 17.3 Å². The van der Waals surface area contributed by atoms with E-state index in [1.54, 1.807) is 24.1 Å². The second-order valence-corrected chi connectivity index (χ2v) is 20.4. The van der Waals surface area contributed by atoms with Crippen LogP contribution in [0.4, 0.5) is 0 Å². The van der Waals surface area contributed by atoms with Crippen LogP contribution < -0.4 is 10.7 Å². The van der Waals surface area contributed by atoms with Gasteiger partial charge in [-0.25, -0.2) is 5.43 Å². The number of cyclic esters (lactones) is 1. The Morgan fingerprint density at radius 3 is 2.56 bits per heavy atom. The number of ether oxygens (including phenoxy) is 1. The lowest BCUT2D eigenvalue weighted by Crippen LogP contribution is -2.62. The zero-order valence-electron chi connectivity index (χ0n) is 40.9. The van der Waals surface area contributed by atoms with Gasteiger partial charge in [0.2, 0.25) is 11.8 Å². The van der Waals surface area contributed by atoms with E-state index in [-0.39, 0.29) is 61.4 Å². The fraction of sp³-hybridized carbons (Fsp3) is 0.509. The van der Waals surface area contributed by atoms with Gasteiger partial charge in [-0.15, -0.1) is 0 Å². The molecule has 2 aromatic carbocycles. The Morgan fingerprint density at radius 2 is 1.82 bits per heavy atom. The third-order valence-corrected chi connectivity index (χ3v) is 14.4. The summed E-state index contributed by atoms with van der Waals surface area (Å²) < 4.78 is 8.59. The van der Waals surface area contributed by atoms with E-state index in [0.29, 0.717) is 44.5 Å². The first kappa shape index (κ1) is 48.2. The molecule has 4 aromatic rings. The monoisotopic (exact) mass is 927 g/mol. The van der Waals surface area contributed by atoms with E-state index in [0.717, 1.165) is 33.3 Å². The highest BCUT2D eigenvalue weighted by atomic mass is 16.5. The van der Waals surface area contributed by atoms with Crippen molar-refractivity contribution in [3.8, 4) is 40.0 Å². The lowest BCUT2D eigenvalue weighted by Gasteiger charge is -2.42. The number of likely N-dealkylation sites (tertiary alicyclic amines) is 1. The van der Waals surface area contributed by atoms with Crippen LogP contribution in [0.2, 0.25) is 0 Å². The summed E-state index contributed by atoms with van der Waals surface area (Å²) in [5, 5.41) is 16.8. The van der Waals surface area contributed by atoms with E-state index in [9.17, 15) is 29.1 Å². The van der Waals surface area contributed by atoms with E-state index >= 15 is 0 Å². The number of hydrogen-bond donors (Lipinski definition) is 3. The van der Waals surface area contributed by atoms with Gasteiger partial charge in [0.25, 0.3) is 11.8 Å². The second-order valence-electron chi connectivity index (χ2n) is 20.4. The summed E-state index contributed by atoms with van der Waals surface area (Å²) in [7, 11) is 5.32. The highest BCUT2D eigenvalue weighted by Gasteiger charge is 2.45. The maximum Gasteiger partial charge on any atom is 0.324 e. The molecule has 6 bridgehead atoms. The van der Waals surface area contributed by atoms with Crippen LogP contribution in [0.3, 0.4) is 0 Å². The number of benzene rings is 2. The number of phenols is 1. The number of rotatable bonds is 7. The van der Waals surface area contributed by atoms with Crippen molar-refractivity contribution in [3.63, 3.8) is 0 Å². The zero-order chi connectivity index (χ0) is 48.8. The molecule has 15 heteroatoms. The smallest absolute Gasteiger partial charge is 0.324 e. The van der Waals surface area contributed by atoms with Crippen molar-refractivity contribution in [2.45, 2.75) is 104 Å². The van der Waals surface area contributed by atoms with Crippen LogP contribution in [0.15, 0.2) is 54.9 Å². The number of carbonyl (C=O) groups is 5. The highest BCUT2D eigenvalue weighted by molar-refractivity contribution is 5.98. The largest absolute Gasteiger partial charge is 0.508 e. The lowest BCUT2D eigenvalue weighted by molar-refractivity contribution is -0.156. The van der Waals surface area contributed by atoms with Gasteiger partial charge in [-0.1, -0.05) is 52.7 Å². The third kappa shape index (κ3) is 9.32. The van der Waals surface area contributed by atoms with Gasteiger partial charge in [0.1, 0.15) is 23.9 Å². The molecule has 2 fully saturated rings. The molecule has 360 valence electrons. The minimum Gasteiger partial charge on any atom is -0.508 e. The number of nitrogens with one attached hydrogen (secondary N) is 2. The molecule has 2 aromatic heterocycles. The number of likely N-dealkylation sites (N-methyl/N-ethyl adjacent to an activating group) is 1. The van der Waals surface area contributed by atoms with E-state index in [4.69, 9.17) is 4.74 Å². The fourth-order valence-electron chi connectivity index (χ4n) is 11.2. The average molecular weight is 927 g/mol. The number of hydrogen-bond acceptors (Lipinski definition) is 10. The summed E-state index contributed by atoms with van der Waals surface area (Å²) >= 11 is 0. The molecule has 3 N–H and O–H groups in total. The number of fused-ring (bicyclic) bond motifs is 8. The molecule has 1 aliphatic carbocycles. The van der Waals surface area contributed by atoms with Crippen molar-refractivity contribution in [3.05, 3.63) is 71.5 Å². The van der Waals surface area contributed by atoms with Crippen LogP contribution >= 0.6 is 0 Å². The number of nitrogens with zero attached hydrogens (tertiary/aromatic N) is 6. The summed E-state index contributed by atoms with van der Waals surface area (Å²) in [4.78, 5) is 79.9. The third-order valence-electron chi connectivity index (χ3n) is 14.4. The molecule has 15 nitrogen and oxygen atoms in total. The van der Waals surface area contributed by atoms with Gasteiger partial charge < -0.3 is 29.5 Å². The first-order chi connectivity index (χ1) is 32.4. The van der Waals surface area contributed by atoms with Gasteiger partial charge in [0.05, 0.1) is 24.8 Å². The van der Waals surface area contributed by atoms with Crippen molar-refractivity contribution in [2.75, 3.05) is 53.9 Å². The minimum atomic E-state index is -1.16. The molecule has 0 saturated carbocycles. The van der Waals surface area contributed by atoms with Gasteiger partial charge in [0.15, 0.2) is 0 Å². The minimum absolute atomic E-state index is 0.00221.